The Morgan fingerprint density at radius 3 is 2.53 bits per heavy atom. The lowest BCUT2D eigenvalue weighted by atomic mass is 9.75. The third-order valence-electron chi connectivity index (χ3n) is 5.80. The van der Waals surface area contributed by atoms with Crippen LogP contribution in [-0.2, 0) is 20.9 Å². The molecule has 0 amide bonds. The number of carbonyl (C=O) groups excluding carboxylic acids is 2. The zero-order valence-corrected chi connectivity index (χ0v) is 18.8. The molecule has 5 heteroatoms. The second-order valence-electron chi connectivity index (χ2n) is 8.53. The van der Waals surface area contributed by atoms with E-state index in [1.54, 1.807) is 0 Å². The van der Waals surface area contributed by atoms with Crippen LogP contribution in [0.1, 0.15) is 57.1 Å². The molecule has 1 atom stereocenters. The molecule has 1 aliphatic carbocycles. The van der Waals surface area contributed by atoms with Crippen LogP contribution in [0, 0.1) is 0 Å². The highest BCUT2D eigenvalue weighted by Gasteiger charge is 2.40. The standard InChI is InChI=1S/C27H29NO4/c1-17(2)32-23-15-8-7-12-20(23)25-24(27(30)31-16-19-10-5-4-6-11-19)18(3)28-21-13-9-14-22(29)26(21)25/h4-8,10-12,15,17,25,28H,9,13-14,16H2,1-3H3/t25-/m1/s1. The van der Waals surface area contributed by atoms with Gasteiger partial charge >= 0.3 is 5.97 Å². The third-order valence-corrected chi connectivity index (χ3v) is 5.80. The van der Waals surface area contributed by atoms with E-state index in [2.05, 4.69) is 5.32 Å². The summed E-state index contributed by atoms with van der Waals surface area (Å²) in [6.07, 6.45) is 2.04. The Morgan fingerprint density at radius 2 is 1.78 bits per heavy atom. The number of Topliss-reactive ketones (excluding diaryl/α,β-unsaturated/α-hetero) is 1. The Kier molecular flexibility index (Phi) is 6.45. The Balaban J connectivity index is 1.76. The van der Waals surface area contributed by atoms with Gasteiger partial charge in [-0.3, -0.25) is 4.79 Å². The van der Waals surface area contributed by atoms with Gasteiger partial charge in [-0.05, 0) is 45.2 Å². The van der Waals surface area contributed by atoms with Gasteiger partial charge in [-0.15, -0.1) is 0 Å². The number of allylic oxidation sites excluding steroid dienone is 3. The summed E-state index contributed by atoms with van der Waals surface area (Å²) in [5.74, 6) is -0.185. The van der Waals surface area contributed by atoms with Gasteiger partial charge < -0.3 is 14.8 Å². The quantitative estimate of drug-likeness (QED) is 0.638. The molecule has 0 aromatic heterocycles. The fourth-order valence-corrected chi connectivity index (χ4v) is 4.45. The topological polar surface area (TPSA) is 64.6 Å². The molecule has 2 aromatic carbocycles. The first kappa shape index (κ1) is 21.9. The van der Waals surface area contributed by atoms with Crippen LogP contribution in [0.5, 0.6) is 5.75 Å². The van der Waals surface area contributed by atoms with Gasteiger partial charge in [-0.25, -0.2) is 4.79 Å². The van der Waals surface area contributed by atoms with Crippen LogP contribution in [0.25, 0.3) is 0 Å². The van der Waals surface area contributed by atoms with Gasteiger partial charge in [-0.1, -0.05) is 48.5 Å². The predicted octanol–water partition coefficient (Wildman–Crippen LogP) is 5.19. The lowest BCUT2D eigenvalue weighted by Gasteiger charge is -2.35. The number of para-hydroxylation sites is 1. The first-order valence-corrected chi connectivity index (χ1v) is 11.2. The van der Waals surface area contributed by atoms with Crippen molar-refractivity contribution in [2.75, 3.05) is 0 Å². The van der Waals surface area contributed by atoms with Crippen molar-refractivity contribution in [3.05, 3.63) is 88.3 Å². The molecule has 1 heterocycles. The van der Waals surface area contributed by atoms with E-state index in [1.165, 1.54) is 0 Å². The maximum atomic E-state index is 13.4. The van der Waals surface area contributed by atoms with Crippen LogP contribution in [-0.4, -0.2) is 17.9 Å². The van der Waals surface area contributed by atoms with Crippen LogP contribution >= 0.6 is 0 Å². The SMILES string of the molecule is CC1=C(C(=O)OCc2ccccc2)[C@@H](c2ccccc2OC(C)C)C2=C(CCCC2=O)N1. The second-order valence-corrected chi connectivity index (χ2v) is 8.53. The molecule has 5 nitrogen and oxygen atoms in total. The minimum atomic E-state index is -0.516. The van der Waals surface area contributed by atoms with E-state index in [1.807, 2.05) is 75.4 Å². The fourth-order valence-electron chi connectivity index (χ4n) is 4.45. The van der Waals surface area contributed by atoms with E-state index in [9.17, 15) is 9.59 Å². The number of ether oxygens (including phenoxy) is 2. The molecule has 0 saturated heterocycles. The maximum absolute atomic E-state index is 13.4. The average molecular weight is 432 g/mol. The number of hydrogen-bond acceptors (Lipinski definition) is 5. The van der Waals surface area contributed by atoms with Crippen molar-refractivity contribution in [3.8, 4) is 5.75 Å². The average Bonchev–Trinajstić information content (AvgIpc) is 2.77. The molecule has 0 fully saturated rings. The van der Waals surface area contributed by atoms with Crippen molar-refractivity contribution in [2.24, 2.45) is 0 Å². The Bertz CT molecular complexity index is 1080. The molecule has 166 valence electrons. The van der Waals surface area contributed by atoms with E-state index < -0.39 is 11.9 Å². The highest BCUT2D eigenvalue weighted by molar-refractivity contribution is 6.04. The summed E-state index contributed by atoms with van der Waals surface area (Å²) in [4.78, 5) is 26.5. The number of nitrogens with one attached hydrogen (secondary N) is 1. The van der Waals surface area contributed by atoms with Gasteiger partial charge in [-0.2, -0.15) is 0 Å². The minimum Gasteiger partial charge on any atom is -0.491 e. The zero-order chi connectivity index (χ0) is 22.7. The summed E-state index contributed by atoms with van der Waals surface area (Å²) >= 11 is 0. The van der Waals surface area contributed by atoms with Gasteiger partial charge in [0.2, 0.25) is 0 Å². The lowest BCUT2D eigenvalue weighted by Crippen LogP contribution is -2.34. The molecule has 1 aliphatic heterocycles. The molecule has 0 unspecified atom stereocenters. The summed E-state index contributed by atoms with van der Waals surface area (Å²) in [6, 6.07) is 17.2. The second kappa shape index (κ2) is 9.43. The monoisotopic (exact) mass is 431 g/mol. The van der Waals surface area contributed by atoms with E-state index >= 15 is 0 Å². The fraction of sp³-hybridized carbons (Fsp3) is 0.333. The molecule has 0 bridgehead atoms. The maximum Gasteiger partial charge on any atom is 0.337 e. The summed E-state index contributed by atoms with van der Waals surface area (Å²) in [5, 5.41) is 3.33. The van der Waals surface area contributed by atoms with Crippen molar-refractivity contribution >= 4 is 11.8 Å². The molecule has 2 aliphatic rings. The highest BCUT2D eigenvalue weighted by Crippen LogP contribution is 2.45. The molecule has 2 aromatic rings. The number of carbonyl (C=O) groups is 2. The van der Waals surface area contributed by atoms with E-state index in [0.717, 1.165) is 35.4 Å². The van der Waals surface area contributed by atoms with Crippen molar-refractivity contribution in [2.45, 2.75) is 58.7 Å². The largest absolute Gasteiger partial charge is 0.491 e. The van der Waals surface area contributed by atoms with Crippen LogP contribution < -0.4 is 10.1 Å². The van der Waals surface area contributed by atoms with E-state index in [4.69, 9.17) is 9.47 Å². The summed E-state index contributed by atoms with van der Waals surface area (Å²) < 4.78 is 11.8. The van der Waals surface area contributed by atoms with E-state index in [-0.39, 0.29) is 18.5 Å². The van der Waals surface area contributed by atoms with Gasteiger partial charge in [0.05, 0.1) is 17.6 Å². The molecule has 32 heavy (non-hydrogen) atoms. The van der Waals surface area contributed by atoms with Crippen molar-refractivity contribution in [3.63, 3.8) is 0 Å². The summed E-state index contributed by atoms with van der Waals surface area (Å²) in [7, 11) is 0. The zero-order valence-electron chi connectivity index (χ0n) is 18.8. The summed E-state index contributed by atoms with van der Waals surface area (Å²) in [5.41, 5.74) is 4.49. The smallest absolute Gasteiger partial charge is 0.337 e. The highest BCUT2D eigenvalue weighted by atomic mass is 16.5. The molecule has 0 saturated carbocycles. The number of dihydropyridines is 1. The number of hydrogen-bond donors (Lipinski definition) is 1. The van der Waals surface area contributed by atoms with Crippen LogP contribution in [0.2, 0.25) is 0 Å². The first-order valence-electron chi connectivity index (χ1n) is 11.2. The Morgan fingerprint density at radius 1 is 1.06 bits per heavy atom. The molecule has 1 N–H and O–H groups in total. The first-order chi connectivity index (χ1) is 15.5. The number of ketones is 1. The van der Waals surface area contributed by atoms with Crippen molar-refractivity contribution < 1.29 is 19.1 Å². The third kappa shape index (κ3) is 4.47. The Hall–Kier alpha value is -3.34. The number of rotatable bonds is 6. The van der Waals surface area contributed by atoms with Crippen molar-refractivity contribution in [1.82, 2.24) is 5.32 Å². The van der Waals surface area contributed by atoms with Gasteiger partial charge in [0.1, 0.15) is 12.4 Å². The lowest BCUT2D eigenvalue weighted by molar-refractivity contribution is -0.140. The van der Waals surface area contributed by atoms with Gasteiger partial charge in [0.25, 0.3) is 0 Å². The molecular formula is C27H29NO4. The number of benzene rings is 2. The molecule has 4 rings (SSSR count). The normalized spacial score (nSPS) is 18.4. The van der Waals surface area contributed by atoms with Crippen molar-refractivity contribution in [1.29, 1.82) is 0 Å². The van der Waals surface area contributed by atoms with Crippen LogP contribution in [0.3, 0.4) is 0 Å². The predicted molar refractivity (Wildman–Crippen MR) is 123 cm³/mol. The van der Waals surface area contributed by atoms with Gasteiger partial charge in [0, 0.05) is 29.0 Å². The molecule has 0 radical (unpaired) electrons. The molecule has 0 spiro atoms. The summed E-state index contributed by atoms with van der Waals surface area (Å²) in [6.45, 7) is 5.98. The Labute approximate surface area is 189 Å². The van der Waals surface area contributed by atoms with Crippen LogP contribution in [0.15, 0.2) is 77.1 Å². The number of esters is 1. The molecular weight excluding hydrogens is 402 g/mol. The van der Waals surface area contributed by atoms with E-state index in [0.29, 0.717) is 23.3 Å². The van der Waals surface area contributed by atoms with Gasteiger partial charge in [0.15, 0.2) is 5.78 Å². The van der Waals surface area contributed by atoms with Crippen LogP contribution in [0.4, 0.5) is 0 Å². The minimum absolute atomic E-state index is 0.0352.